The third-order valence-electron chi connectivity index (χ3n) is 3.96. The molecular formula is C19H14ClN5O3S. The zero-order valence-electron chi connectivity index (χ0n) is 15.1. The van der Waals surface area contributed by atoms with Crippen molar-refractivity contribution in [3.8, 4) is 11.3 Å². The Bertz CT molecular complexity index is 1200. The molecule has 0 saturated carbocycles. The smallest absolute Gasteiger partial charge is 0.279 e. The second-order valence-electron chi connectivity index (χ2n) is 6.08. The Hall–Kier alpha value is -3.30. The molecule has 29 heavy (non-hydrogen) atoms. The highest BCUT2D eigenvalue weighted by Gasteiger charge is 2.19. The number of nitrogens with one attached hydrogen (secondary N) is 1. The molecule has 1 aromatic carbocycles. The lowest BCUT2D eigenvalue weighted by atomic mass is 10.1. The van der Waals surface area contributed by atoms with Gasteiger partial charge in [0, 0.05) is 35.2 Å². The summed E-state index contributed by atoms with van der Waals surface area (Å²) in [5, 5.41) is 10.0. The fourth-order valence-corrected chi connectivity index (χ4v) is 3.63. The predicted octanol–water partition coefficient (Wildman–Crippen LogP) is 4.15. The Kier molecular flexibility index (Phi) is 5.24. The van der Waals surface area contributed by atoms with Crippen molar-refractivity contribution in [2.75, 3.05) is 5.32 Å². The number of carbonyl (C=O) groups is 2. The fourth-order valence-electron chi connectivity index (χ4n) is 2.62. The molecule has 0 atom stereocenters. The largest absolute Gasteiger partial charge is 0.443 e. The lowest BCUT2D eigenvalue weighted by molar-refractivity contribution is 0.100. The number of ketones is 1. The molecule has 0 fully saturated rings. The summed E-state index contributed by atoms with van der Waals surface area (Å²) in [6.07, 6.45) is 2.92. The van der Waals surface area contributed by atoms with Gasteiger partial charge in [0.05, 0.1) is 6.54 Å². The van der Waals surface area contributed by atoms with E-state index in [4.69, 9.17) is 16.0 Å². The van der Waals surface area contributed by atoms with Crippen LogP contribution in [0.2, 0.25) is 5.02 Å². The quantitative estimate of drug-likeness (QED) is 0.463. The van der Waals surface area contributed by atoms with Gasteiger partial charge >= 0.3 is 0 Å². The molecule has 3 heterocycles. The van der Waals surface area contributed by atoms with Crippen LogP contribution >= 0.6 is 22.9 Å². The van der Waals surface area contributed by atoms with Crippen LogP contribution in [0.5, 0.6) is 0 Å². The van der Waals surface area contributed by atoms with Gasteiger partial charge in [-0.15, -0.1) is 11.3 Å². The lowest BCUT2D eigenvalue weighted by Crippen LogP contribution is -2.14. The summed E-state index contributed by atoms with van der Waals surface area (Å²) in [6, 6.07) is 8.63. The second-order valence-corrected chi connectivity index (χ2v) is 7.45. The summed E-state index contributed by atoms with van der Waals surface area (Å²) in [5.41, 5.74) is 1.22. The molecule has 0 unspecified atom stereocenters. The van der Waals surface area contributed by atoms with Crippen LogP contribution in [0.3, 0.4) is 0 Å². The van der Waals surface area contributed by atoms with Crippen LogP contribution in [-0.2, 0) is 6.54 Å². The summed E-state index contributed by atoms with van der Waals surface area (Å²) >= 11 is 7.39. The van der Waals surface area contributed by atoms with Crippen LogP contribution in [0.25, 0.3) is 11.3 Å². The van der Waals surface area contributed by atoms with E-state index < -0.39 is 5.91 Å². The van der Waals surface area contributed by atoms with Crippen molar-refractivity contribution in [2.24, 2.45) is 0 Å². The van der Waals surface area contributed by atoms with Crippen molar-refractivity contribution < 1.29 is 14.0 Å². The summed E-state index contributed by atoms with van der Waals surface area (Å²) in [5.74, 6) is 0.151. The first-order valence-electron chi connectivity index (χ1n) is 8.49. The van der Waals surface area contributed by atoms with E-state index in [2.05, 4.69) is 20.4 Å². The van der Waals surface area contributed by atoms with Crippen molar-refractivity contribution in [1.82, 2.24) is 19.7 Å². The number of nitrogens with zero attached hydrogens (tertiary/aromatic N) is 4. The number of carbonyl (C=O) groups excluding carboxylic acids is 2. The molecule has 0 radical (unpaired) electrons. The number of oxazole rings is 1. The molecule has 3 aromatic heterocycles. The molecule has 1 amide bonds. The summed E-state index contributed by atoms with van der Waals surface area (Å²) in [6.45, 7) is 1.87. The van der Waals surface area contributed by atoms with Crippen LogP contribution in [0.4, 0.5) is 5.82 Å². The van der Waals surface area contributed by atoms with E-state index in [1.807, 2.05) is 0 Å². The number of thiazole rings is 1. The summed E-state index contributed by atoms with van der Waals surface area (Å²) < 4.78 is 7.00. The van der Waals surface area contributed by atoms with Gasteiger partial charge in [-0.3, -0.25) is 14.3 Å². The molecule has 4 rings (SSSR count). The lowest BCUT2D eigenvalue weighted by Gasteiger charge is -2.03. The highest BCUT2D eigenvalue weighted by Crippen LogP contribution is 2.26. The van der Waals surface area contributed by atoms with E-state index >= 15 is 0 Å². The number of hydrogen-bond donors (Lipinski definition) is 1. The van der Waals surface area contributed by atoms with Gasteiger partial charge in [0.25, 0.3) is 5.91 Å². The van der Waals surface area contributed by atoms with Crippen molar-refractivity contribution in [3.05, 3.63) is 69.7 Å². The van der Waals surface area contributed by atoms with Gasteiger partial charge < -0.3 is 9.73 Å². The highest BCUT2D eigenvalue weighted by atomic mass is 35.5. The number of benzene rings is 1. The average Bonchev–Trinajstić information content (AvgIpc) is 3.42. The Labute approximate surface area is 174 Å². The highest BCUT2D eigenvalue weighted by molar-refractivity contribution is 7.09. The van der Waals surface area contributed by atoms with E-state index in [-0.39, 0.29) is 11.5 Å². The maximum Gasteiger partial charge on any atom is 0.279 e. The number of aromatic nitrogens is 4. The second kappa shape index (κ2) is 7.98. The first-order chi connectivity index (χ1) is 14.0. The molecule has 4 aromatic rings. The Morgan fingerprint density at radius 1 is 1.31 bits per heavy atom. The number of amides is 1. The SMILES string of the molecule is CC(=O)c1csc(Cn2ccc(NC(=O)c3ncoc3-c3cccc(Cl)c3)n2)n1. The molecule has 10 heteroatoms. The Morgan fingerprint density at radius 3 is 2.93 bits per heavy atom. The van der Waals surface area contributed by atoms with Crippen LogP contribution in [-0.4, -0.2) is 31.4 Å². The monoisotopic (exact) mass is 427 g/mol. The average molecular weight is 428 g/mol. The zero-order valence-corrected chi connectivity index (χ0v) is 16.7. The van der Waals surface area contributed by atoms with Gasteiger partial charge in [-0.1, -0.05) is 23.7 Å². The van der Waals surface area contributed by atoms with Crippen LogP contribution in [0.15, 0.2) is 52.7 Å². The third-order valence-corrected chi connectivity index (χ3v) is 5.03. The first kappa shape index (κ1) is 19.0. The standard InChI is InChI=1S/C19H14ClN5O3S/c1-11(26)14-9-29-16(22-14)8-25-6-5-15(24-25)23-19(27)17-18(28-10-21-17)12-3-2-4-13(20)7-12/h2-7,9-10H,8H2,1H3,(H,23,24,27). The predicted molar refractivity (Wildman–Crippen MR) is 108 cm³/mol. The van der Waals surface area contributed by atoms with Gasteiger partial charge in [-0.2, -0.15) is 5.10 Å². The van der Waals surface area contributed by atoms with Crippen LogP contribution < -0.4 is 5.32 Å². The number of Topliss-reactive ketones (excluding diaryl/α,β-unsaturated/α-hetero) is 1. The number of hydrogen-bond acceptors (Lipinski definition) is 7. The van der Waals surface area contributed by atoms with E-state index in [0.29, 0.717) is 34.4 Å². The molecule has 0 spiro atoms. The fraction of sp³-hybridized carbons (Fsp3) is 0.105. The minimum Gasteiger partial charge on any atom is -0.443 e. The Balaban J connectivity index is 1.47. The van der Waals surface area contributed by atoms with Gasteiger partial charge in [0.1, 0.15) is 10.7 Å². The van der Waals surface area contributed by atoms with Gasteiger partial charge in [0.2, 0.25) is 0 Å². The first-order valence-corrected chi connectivity index (χ1v) is 9.75. The minimum atomic E-state index is -0.452. The molecule has 0 saturated heterocycles. The van der Waals surface area contributed by atoms with Gasteiger partial charge in [0.15, 0.2) is 29.4 Å². The molecule has 146 valence electrons. The maximum absolute atomic E-state index is 12.6. The van der Waals surface area contributed by atoms with Crippen molar-refractivity contribution in [2.45, 2.75) is 13.5 Å². The zero-order chi connectivity index (χ0) is 20.4. The molecule has 0 aliphatic heterocycles. The van der Waals surface area contributed by atoms with Gasteiger partial charge in [-0.25, -0.2) is 9.97 Å². The number of anilines is 1. The normalized spacial score (nSPS) is 10.8. The van der Waals surface area contributed by atoms with Gasteiger partial charge in [-0.05, 0) is 12.1 Å². The van der Waals surface area contributed by atoms with Crippen molar-refractivity contribution in [3.63, 3.8) is 0 Å². The molecule has 0 bridgehead atoms. The number of rotatable bonds is 6. The Morgan fingerprint density at radius 2 is 2.17 bits per heavy atom. The molecule has 8 nitrogen and oxygen atoms in total. The minimum absolute atomic E-state index is 0.0796. The summed E-state index contributed by atoms with van der Waals surface area (Å²) in [4.78, 5) is 32.3. The van der Waals surface area contributed by atoms with E-state index in [1.54, 1.807) is 46.6 Å². The third kappa shape index (κ3) is 4.25. The van der Waals surface area contributed by atoms with Crippen LogP contribution in [0.1, 0.15) is 32.9 Å². The van der Waals surface area contributed by atoms with E-state index in [1.165, 1.54) is 24.7 Å². The summed E-state index contributed by atoms with van der Waals surface area (Å²) in [7, 11) is 0. The molecule has 1 N–H and O–H groups in total. The van der Waals surface area contributed by atoms with E-state index in [9.17, 15) is 9.59 Å². The maximum atomic E-state index is 12.6. The van der Waals surface area contributed by atoms with E-state index in [0.717, 1.165) is 5.01 Å². The molecule has 0 aliphatic rings. The molecular weight excluding hydrogens is 414 g/mol. The van der Waals surface area contributed by atoms with Crippen molar-refractivity contribution >= 4 is 40.4 Å². The van der Waals surface area contributed by atoms with Crippen LogP contribution in [0, 0.1) is 0 Å². The number of halogens is 1. The topological polar surface area (TPSA) is 103 Å². The van der Waals surface area contributed by atoms with Crippen molar-refractivity contribution in [1.29, 1.82) is 0 Å². The molecule has 0 aliphatic carbocycles.